The lowest BCUT2D eigenvalue weighted by atomic mass is 10.4. The molecule has 0 heterocycles. The van der Waals surface area contributed by atoms with Gasteiger partial charge in [-0.15, -0.1) is 0 Å². The molecule has 3 rings (SSSR count). The van der Waals surface area contributed by atoms with E-state index in [1.807, 2.05) is 0 Å². The zero-order valence-corrected chi connectivity index (χ0v) is 10.5. The summed E-state index contributed by atoms with van der Waals surface area (Å²) in [6.07, 6.45) is 2.93. The Labute approximate surface area is 103 Å². The summed E-state index contributed by atoms with van der Waals surface area (Å²) in [7, 11) is -0.628. The Balaban J connectivity index is 1.91. The summed E-state index contributed by atoms with van der Waals surface area (Å²) in [5, 5.41) is 2.61. The minimum absolute atomic E-state index is 0.488. The van der Waals surface area contributed by atoms with Gasteiger partial charge in [0.05, 0.1) is 14.3 Å². The minimum atomic E-state index is -0.628. The van der Waals surface area contributed by atoms with E-state index < -0.39 is 8.15 Å². The zero-order valence-electron chi connectivity index (χ0n) is 9.62. The lowest BCUT2D eigenvalue weighted by Gasteiger charge is -2.18. The maximum atomic E-state index is 6.20. The molecule has 0 saturated heterocycles. The van der Waals surface area contributed by atoms with E-state index in [1.54, 1.807) is 0 Å². The molecule has 2 aromatic carbocycles. The van der Waals surface area contributed by atoms with Crippen LogP contribution in [0.1, 0.15) is 12.8 Å². The van der Waals surface area contributed by atoms with Crippen molar-refractivity contribution in [3.63, 3.8) is 0 Å². The smallest absolute Gasteiger partial charge is 0.0921 e. The fraction of sp³-hybridized carbons (Fsp3) is 0.200. The van der Waals surface area contributed by atoms with Gasteiger partial charge in [0.1, 0.15) is 0 Å². The monoisotopic (exact) mass is 242 g/mol. The summed E-state index contributed by atoms with van der Waals surface area (Å²) < 4.78 is 6.20. The minimum Gasteiger partial charge on any atom is -0.346 e. The average molecular weight is 242 g/mol. The van der Waals surface area contributed by atoms with Crippen LogP contribution in [0.3, 0.4) is 0 Å². The molecule has 1 aliphatic carbocycles. The molecule has 1 nitrogen and oxygen atoms in total. The predicted molar refractivity (Wildman–Crippen MR) is 73.2 cm³/mol. The number of benzene rings is 2. The van der Waals surface area contributed by atoms with Crippen LogP contribution in [0.15, 0.2) is 60.7 Å². The third kappa shape index (κ3) is 2.74. The van der Waals surface area contributed by atoms with Crippen molar-refractivity contribution in [1.82, 2.24) is 0 Å². The van der Waals surface area contributed by atoms with E-state index in [2.05, 4.69) is 60.7 Å². The Morgan fingerprint density at radius 1 is 0.765 bits per heavy atom. The summed E-state index contributed by atoms with van der Waals surface area (Å²) in [5.74, 6) is 0. The van der Waals surface area contributed by atoms with Crippen molar-refractivity contribution in [3.05, 3.63) is 60.7 Å². The van der Waals surface area contributed by atoms with E-state index in [1.165, 1.54) is 23.5 Å². The number of hydrogen-bond acceptors (Lipinski definition) is 1. The highest BCUT2D eigenvalue weighted by Gasteiger charge is 2.28. The lowest BCUT2D eigenvalue weighted by molar-refractivity contribution is 0.347. The first-order chi connectivity index (χ1) is 8.43. The molecule has 1 saturated carbocycles. The molecule has 0 aliphatic heterocycles. The second-order valence-electron chi connectivity index (χ2n) is 4.27. The second-order valence-corrected chi connectivity index (χ2v) is 6.10. The van der Waals surface area contributed by atoms with E-state index in [0.29, 0.717) is 6.10 Å². The Morgan fingerprint density at radius 3 is 1.65 bits per heavy atom. The van der Waals surface area contributed by atoms with E-state index in [-0.39, 0.29) is 0 Å². The quantitative estimate of drug-likeness (QED) is 0.748. The molecule has 0 atom stereocenters. The molecule has 86 valence electrons. The van der Waals surface area contributed by atoms with Crippen molar-refractivity contribution in [2.75, 3.05) is 0 Å². The molecular formula is C15H15OP. The molecule has 2 heteroatoms. The highest BCUT2D eigenvalue weighted by Crippen LogP contribution is 2.42. The Kier molecular flexibility index (Phi) is 3.22. The van der Waals surface area contributed by atoms with Crippen LogP contribution in [0.25, 0.3) is 0 Å². The molecule has 0 spiro atoms. The molecule has 0 bridgehead atoms. The van der Waals surface area contributed by atoms with Gasteiger partial charge in [0.2, 0.25) is 0 Å². The summed E-state index contributed by atoms with van der Waals surface area (Å²) in [4.78, 5) is 0. The maximum absolute atomic E-state index is 6.20. The van der Waals surface area contributed by atoms with E-state index >= 15 is 0 Å². The lowest BCUT2D eigenvalue weighted by Crippen LogP contribution is -2.14. The summed E-state index contributed by atoms with van der Waals surface area (Å²) in [5.41, 5.74) is 0. The van der Waals surface area contributed by atoms with Crippen molar-refractivity contribution in [2.24, 2.45) is 0 Å². The first-order valence-corrected chi connectivity index (χ1v) is 7.26. The third-order valence-electron chi connectivity index (χ3n) is 2.76. The fourth-order valence-corrected chi connectivity index (χ4v) is 3.66. The zero-order chi connectivity index (χ0) is 11.5. The molecule has 0 aromatic heterocycles. The normalized spacial score (nSPS) is 15.1. The molecule has 0 unspecified atom stereocenters. The van der Waals surface area contributed by atoms with E-state index in [9.17, 15) is 0 Å². The molecule has 0 amide bonds. The Morgan fingerprint density at radius 2 is 1.24 bits per heavy atom. The predicted octanol–water partition coefficient (Wildman–Crippen LogP) is 3.21. The molecule has 0 N–H and O–H groups in total. The molecule has 0 radical (unpaired) electrons. The van der Waals surface area contributed by atoms with Crippen LogP contribution >= 0.6 is 8.15 Å². The molecule has 1 fully saturated rings. The number of rotatable bonds is 4. The van der Waals surface area contributed by atoms with Gasteiger partial charge in [-0.1, -0.05) is 60.7 Å². The number of hydrogen-bond donors (Lipinski definition) is 0. The maximum Gasteiger partial charge on any atom is 0.0921 e. The van der Waals surface area contributed by atoms with Crippen LogP contribution in [-0.4, -0.2) is 6.10 Å². The Hall–Kier alpha value is -1.17. The summed E-state index contributed by atoms with van der Waals surface area (Å²) in [6, 6.07) is 21.1. The van der Waals surface area contributed by atoms with Crippen molar-refractivity contribution < 1.29 is 4.52 Å². The highest BCUT2D eigenvalue weighted by molar-refractivity contribution is 7.68. The SMILES string of the molecule is c1ccc(P(OC2CC2)c2ccccc2)cc1. The average Bonchev–Trinajstić information content (AvgIpc) is 3.22. The van der Waals surface area contributed by atoms with Gasteiger partial charge in [0.25, 0.3) is 0 Å². The van der Waals surface area contributed by atoms with E-state index in [0.717, 1.165) is 0 Å². The molecule has 1 aliphatic rings. The van der Waals surface area contributed by atoms with Gasteiger partial charge in [0, 0.05) is 10.6 Å². The van der Waals surface area contributed by atoms with Crippen molar-refractivity contribution in [3.8, 4) is 0 Å². The van der Waals surface area contributed by atoms with Crippen molar-refractivity contribution in [1.29, 1.82) is 0 Å². The van der Waals surface area contributed by atoms with Gasteiger partial charge in [-0.3, -0.25) is 0 Å². The van der Waals surface area contributed by atoms with Gasteiger partial charge in [0.15, 0.2) is 0 Å². The third-order valence-corrected chi connectivity index (χ3v) is 4.80. The standard InChI is InChI=1S/C15H15OP/c1-3-7-14(8-4-1)17(16-13-11-12-13)15-9-5-2-6-10-15/h1-10,13H,11-12H2. The summed E-state index contributed by atoms with van der Waals surface area (Å²) >= 11 is 0. The van der Waals surface area contributed by atoms with Gasteiger partial charge >= 0.3 is 0 Å². The second kappa shape index (κ2) is 5.00. The van der Waals surface area contributed by atoms with Crippen LogP contribution < -0.4 is 10.6 Å². The van der Waals surface area contributed by atoms with Crippen molar-refractivity contribution >= 4 is 18.8 Å². The van der Waals surface area contributed by atoms with Crippen LogP contribution in [0.2, 0.25) is 0 Å². The van der Waals surface area contributed by atoms with Gasteiger partial charge in [-0.25, -0.2) is 0 Å². The van der Waals surface area contributed by atoms with Gasteiger partial charge < -0.3 is 4.52 Å². The topological polar surface area (TPSA) is 9.23 Å². The van der Waals surface area contributed by atoms with Crippen molar-refractivity contribution in [2.45, 2.75) is 18.9 Å². The van der Waals surface area contributed by atoms with Crippen LogP contribution in [-0.2, 0) is 4.52 Å². The van der Waals surface area contributed by atoms with Crippen LogP contribution in [0.4, 0.5) is 0 Å². The van der Waals surface area contributed by atoms with E-state index in [4.69, 9.17) is 4.52 Å². The van der Waals surface area contributed by atoms with Gasteiger partial charge in [-0.2, -0.15) is 0 Å². The van der Waals surface area contributed by atoms with Crippen LogP contribution in [0, 0.1) is 0 Å². The molecule has 17 heavy (non-hydrogen) atoms. The first-order valence-electron chi connectivity index (χ1n) is 6.00. The largest absolute Gasteiger partial charge is 0.346 e. The summed E-state index contributed by atoms with van der Waals surface area (Å²) in [6.45, 7) is 0. The van der Waals surface area contributed by atoms with Gasteiger partial charge in [-0.05, 0) is 12.8 Å². The fourth-order valence-electron chi connectivity index (χ4n) is 1.72. The van der Waals surface area contributed by atoms with Crippen LogP contribution in [0.5, 0.6) is 0 Å². The molecule has 2 aromatic rings. The highest BCUT2D eigenvalue weighted by atomic mass is 31.1. The molecular weight excluding hydrogens is 227 g/mol. The Bertz CT molecular complexity index is 425. The first kappa shape index (κ1) is 11.0.